The summed E-state index contributed by atoms with van der Waals surface area (Å²) < 4.78 is 0. The first kappa shape index (κ1) is 10.8. The second-order valence-corrected chi connectivity index (χ2v) is 4.48. The Kier molecular flexibility index (Phi) is 3.31. The number of nitrogens with two attached hydrogens (primary N) is 1. The molecule has 0 aliphatic carbocycles. The molecule has 82 valence electrons. The third kappa shape index (κ3) is 2.90. The van der Waals surface area contributed by atoms with E-state index in [4.69, 9.17) is 5.73 Å². The Morgan fingerprint density at radius 3 is 2.75 bits per heavy atom. The van der Waals surface area contributed by atoms with Crippen molar-refractivity contribution in [3.8, 4) is 0 Å². The van der Waals surface area contributed by atoms with E-state index in [1.165, 1.54) is 5.56 Å². The molecule has 2 aromatic rings. The monoisotopic (exact) mass is 232 g/mol. The van der Waals surface area contributed by atoms with E-state index < -0.39 is 0 Å². The van der Waals surface area contributed by atoms with Gasteiger partial charge in [-0.25, -0.2) is 4.98 Å². The predicted molar refractivity (Wildman–Crippen MR) is 64.3 cm³/mol. The number of primary amides is 1. The Labute approximate surface area is 97.9 Å². The SMILES string of the molecule is NC(=O)Cc1csc(Cc2ccccc2)n1. The molecule has 0 aliphatic rings. The van der Waals surface area contributed by atoms with Gasteiger partial charge < -0.3 is 5.73 Å². The Bertz CT molecular complexity index is 479. The van der Waals surface area contributed by atoms with E-state index in [1.54, 1.807) is 11.3 Å². The van der Waals surface area contributed by atoms with Gasteiger partial charge in [0.2, 0.25) is 5.91 Å². The minimum absolute atomic E-state index is 0.227. The molecule has 1 aromatic heterocycles. The van der Waals surface area contributed by atoms with Crippen LogP contribution in [0.4, 0.5) is 0 Å². The molecule has 0 atom stereocenters. The molecule has 0 saturated carbocycles. The molecule has 0 bridgehead atoms. The zero-order chi connectivity index (χ0) is 11.4. The quantitative estimate of drug-likeness (QED) is 0.873. The fourth-order valence-electron chi connectivity index (χ4n) is 1.46. The first-order valence-corrected chi connectivity index (χ1v) is 5.87. The number of aromatic nitrogens is 1. The van der Waals surface area contributed by atoms with Crippen LogP contribution >= 0.6 is 11.3 Å². The van der Waals surface area contributed by atoms with Crippen molar-refractivity contribution < 1.29 is 4.79 Å². The Hall–Kier alpha value is -1.68. The van der Waals surface area contributed by atoms with Crippen LogP contribution in [0.15, 0.2) is 35.7 Å². The molecule has 3 nitrogen and oxygen atoms in total. The van der Waals surface area contributed by atoms with Crippen molar-refractivity contribution in [2.45, 2.75) is 12.8 Å². The number of nitrogens with zero attached hydrogens (tertiary/aromatic N) is 1. The standard InChI is InChI=1S/C12H12N2OS/c13-11(15)7-10-8-16-12(14-10)6-9-4-2-1-3-5-9/h1-5,8H,6-7H2,(H2,13,15). The van der Waals surface area contributed by atoms with Gasteiger partial charge in [-0.15, -0.1) is 11.3 Å². The van der Waals surface area contributed by atoms with E-state index in [1.807, 2.05) is 23.6 Å². The number of carbonyl (C=O) groups excluding carboxylic acids is 1. The van der Waals surface area contributed by atoms with Crippen LogP contribution in [0, 0.1) is 0 Å². The second kappa shape index (κ2) is 4.90. The van der Waals surface area contributed by atoms with Crippen molar-refractivity contribution in [1.82, 2.24) is 4.98 Å². The molecular weight excluding hydrogens is 220 g/mol. The van der Waals surface area contributed by atoms with Crippen LogP contribution in [-0.2, 0) is 17.6 Å². The first-order valence-electron chi connectivity index (χ1n) is 4.99. The summed E-state index contributed by atoms with van der Waals surface area (Å²) in [4.78, 5) is 15.1. The van der Waals surface area contributed by atoms with Gasteiger partial charge in [-0.05, 0) is 5.56 Å². The van der Waals surface area contributed by atoms with E-state index >= 15 is 0 Å². The van der Waals surface area contributed by atoms with E-state index in [0.717, 1.165) is 17.1 Å². The zero-order valence-corrected chi connectivity index (χ0v) is 9.54. The van der Waals surface area contributed by atoms with Crippen LogP contribution in [0.5, 0.6) is 0 Å². The number of benzene rings is 1. The van der Waals surface area contributed by atoms with Gasteiger partial charge in [0.25, 0.3) is 0 Å². The zero-order valence-electron chi connectivity index (χ0n) is 8.72. The van der Waals surface area contributed by atoms with Crippen molar-refractivity contribution >= 4 is 17.2 Å². The lowest BCUT2D eigenvalue weighted by Gasteiger charge is -1.96. The van der Waals surface area contributed by atoms with Crippen LogP contribution < -0.4 is 5.73 Å². The molecule has 1 amide bonds. The normalized spacial score (nSPS) is 10.2. The molecular formula is C12H12N2OS. The molecule has 0 spiro atoms. The molecule has 0 saturated heterocycles. The molecule has 1 heterocycles. The van der Waals surface area contributed by atoms with Gasteiger partial charge >= 0.3 is 0 Å². The average molecular weight is 232 g/mol. The van der Waals surface area contributed by atoms with Gasteiger partial charge in [-0.2, -0.15) is 0 Å². The van der Waals surface area contributed by atoms with Crippen LogP contribution in [0.25, 0.3) is 0 Å². The van der Waals surface area contributed by atoms with Crippen molar-refractivity contribution in [2.24, 2.45) is 5.73 Å². The first-order chi connectivity index (χ1) is 7.74. The summed E-state index contributed by atoms with van der Waals surface area (Å²) in [5, 5.41) is 2.91. The summed E-state index contributed by atoms with van der Waals surface area (Å²) in [5.41, 5.74) is 7.10. The number of hydrogen-bond acceptors (Lipinski definition) is 3. The summed E-state index contributed by atoms with van der Waals surface area (Å²) in [6.07, 6.45) is 1.04. The number of rotatable bonds is 4. The van der Waals surface area contributed by atoms with Gasteiger partial charge in [-0.1, -0.05) is 30.3 Å². The summed E-state index contributed by atoms with van der Waals surface area (Å²) in [7, 11) is 0. The fourth-order valence-corrected chi connectivity index (χ4v) is 2.29. The molecule has 0 aliphatic heterocycles. The lowest BCUT2D eigenvalue weighted by molar-refractivity contribution is -0.117. The van der Waals surface area contributed by atoms with Crippen LogP contribution in [-0.4, -0.2) is 10.9 Å². The highest BCUT2D eigenvalue weighted by Crippen LogP contribution is 2.14. The van der Waals surface area contributed by atoms with E-state index in [0.29, 0.717) is 0 Å². The minimum atomic E-state index is -0.337. The van der Waals surface area contributed by atoms with Gasteiger partial charge in [0, 0.05) is 11.8 Å². The highest BCUT2D eigenvalue weighted by Gasteiger charge is 2.05. The lowest BCUT2D eigenvalue weighted by Crippen LogP contribution is -2.13. The summed E-state index contributed by atoms with van der Waals surface area (Å²) in [6, 6.07) is 10.1. The van der Waals surface area contributed by atoms with Gasteiger partial charge in [0.15, 0.2) is 0 Å². The Morgan fingerprint density at radius 1 is 1.31 bits per heavy atom. The highest BCUT2D eigenvalue weighted by atomic mass is 32.1. The van der Waals surface area contributed by atoms with Crippen molar-refractivity contribution in [1.29, 1.82) is 0 Å². The molecule has 0 unspecified atom stereocenters. The maximum Gasteiger partial charge on any atom is 0.223 e. The topological polar surface area (TPSA) is 56.0 Å². The summed E-state index contributed by atoms with van der Waals surface area (Å²) >= 11 is 1.57. The molecule has 0 fully saturated rings. The summed E-state index contributed by atoms with van der Waals surface area (Å²) in [5.74, 6) is -0.337. The molecule has 16 heavy (non-hydrogen) atoms. The van der Waals surface area contributed by atoms with Crippen molar-refractivity contribution in [3.63, 3.8) is 0 Å². The van der Waals surface area contributed by atoms with Crippen LogP contribution in [0.2, 0.25) is 0 Å². The minimum Gasteiger partial charge on any atom is -0.369 e. The highest BCUT2D eigenvalue weighted by molar-refractivity contribution is 7.09. The maximum absolute atomic E-state index is 10.7. The van der Waals surface area contributed by atoms with Crippen molar-refractivity contribution in [2.75, 3.05) is 0 Å². The van der Waals surface area contributed by atoms with Crippen LogP contribution in [0.3, 0.4) is 0 Å². The van der Waals surface area contributed by atoms with Crippen molar-refractivity contribution in [3.05, 3.63) is 52.0 Å². The molecule has 2 N–H and O–H groups in total. The molecule has 4 heteroatoms. The van der Waals surface area contributed by atoms with Gasteiger partial charge in [0.1, 0.15) is 0 Å². The van der Waals surface area contributed by atoms with E-state index in [-0.39, 0.29) is 12.3 Å². The largest absolute Gasteiger partial charge is 0.369 e. The predicted octanol–water partition coefficient (Wildman–Crippen LogP) is 1.76. The van der Waals surface area contributed by atoms with Gasteiger partial charge in [-0.3, -0.25) is 4.79 Å². The van der Waals surface area contributed by atoms with Gasteiger partial charge in [0.05, 0.1) is 17.1 Å². The van der Waals surface area contributed by atoms with E-state index in [2.05, 4.69) is 17.1 Å². The Balaban J connectivity index is 2.06. The Morgan fingerprint density at radius 2 is 2.06 bits per heavy atom. The number of hydrogen-bond donors (Lipinski definition) is 1. The molecule has 0 radical (unpaired) electrons. The third-order valence-corrected chi connectivity index (χ3v) is 3.05. The third-order valence-electron chi connectivity index (χ3n) is 2.15. The smallest absolute Gasteiger partial charge is 0.223 e. The van der Waals surface area contributed by atoms with Crippen LogP contribution in [0.1, 0.15) is 16.3 Å². The number of amides is 1. The van der Waals surface area contributed by atoms with E-state index in [9.17, 15) is 4.79 Å². The number of thiazole rings is 1. The average Bonchev–Trinajstić information content (AvgIpc) is 2.66. The molecule has 1 aromatic carbocycles. The lowest BCUT2D eigenvalue weighted by atomic mass is 10.2. The number of carbonyl (C=O) groups is 1. The second-order valence-electron chi connectivity index (χ2n) is 3.54. The fraction of sp³-hybridized carbons (Fsp3) is 0.167. The molecule has 2 rings (SSSR count). The summed E-state index contributed by atoms with van der Waals surface area (Å²) in [6.45, 7) is 0. The maximum atomic E-state index is 10.7.